The van der Waals surface area contributed by atoms with Crippen LogP contribution in [0.4, 0.5) is 0 Å². The van der Waals surface area contributed by atoms with Gasteiger partial charge < -0.3 is 4.90 Å². The van der Waals surface area contributed by atoms with Crippen LogP contribution in [0.3, 0.4) is 0 Å². The summed E-state index contributed by atoms with van der Waals surface area (Å²) in [5.74, 6) is 0.199. The van der Waals surface area contributed by atoms with E-state index >= 15 is 0 Å². The molecule has 2 aromatic rings. The van der Waals surface area contributed by atoms with Crippen LogP contribution in [0.25, 0.3) is 0 Å². The molecule has 5 heteroatoms. The van der Waals surface area contributed by atoms with E-state index in [1.807, 2.05) is 35.2 Å². The van der Waals surface area contributed by atoms with E-state index in [0.717, 1.165) is 25.2 Å². The Hall–Kier alpha value is -1.70. The Morgan fingerprint density at radius 3 is 1.68 bits per heavy atom. The summed E-state index contributed by atoms with van der Waals surface area (Å²) in [7, 11) is -1.76. The van der Waals surface area contributed by atoms with Gasteiger partial charge in [-0.15, -0.1) is 0 Å². The van der Waals surface area contributed by atoms with Crippen LogP contribution in [0.2, 0.25) is 50.4 Å². The van der Waals surface area contributed by atoms with E-state index < -0.39 is 16.1 Å². The first-order valence-electron chi connectivity index (χ1n) is 11.8. The van der Waals surface area contributed by atoms with Crippen molar-refractivity contribution in [1.29, 1.82) is 0 Å². The van der Waals surface area contributed by atoms with Crippen LogP contribution in [0.5, 0.6) is 0 Å². The number of amides is 1. The second-order valence-corrected chi connectivity index (χ2v) is 21.4. The van der Waals surface area contributed by atoms with Gasteiger partial charge in [0, 0.05) is 33.3 Å². The van der Waals surface area contributed by atoms with Crippen molar-refractivity contribution in [2.45, 2.75) is 56.9 Å². The summed E-state index contributed by atoms with van der Waals surface area (Å²) in [6, 6.07) is 25.9. The van der Waals surface area contributed by atoms with Crippen molar-refractivity contribution in [3.63, 3.8) is 0 Å². The summed E-state index contributed by atoms with van der Waals surface area (Å²) in [6.45, 7) is 15.5. The minimum Gasteiger partial charge on any atom is -0.339 e. The fourth-order valence-electron chi connectivity index (χ4n) is 4.24. The molecule has 0 aliphatic carbocycles. The van der Waals surface area contributed by atoms with E-state index in [1.165, 1.54) is 42.8 Å². The lowest BCUT2D eigenvalue weighted by molar-refractivity contribution is 0.0765. The lowest BCUT2D eigenvalue weighted by Crippen LogP contribution is -2.45. The number of carbonyl (C=O) groups excluding carboxylic acids is 1. The average molecular weight is 453 g/mol. The molecule has 2 aromatic carbocycles. The molecule has 0 aromatic heterocycles. The predicted octanol–water partition coefficient (Wildman–Crippen LogP) is 6.06. The van der Waals surface area contributed by atoms with Gasteiger partial charge in [0.05, 0.1) is 8.07 Å². The van der Waals surface area contributed by atoms with E-state index in [0.29, 0.717) is 0 Å². The van der Waals surface area contributed by atoms with E-state index in [9.17, 15) is 4.79 Å². The Kier molecular flexibility index (Phi) is 8.31. The number of nitrogens with zero attached hydrogens (tertiary/aromatic N) is 2. The van der Waals surface area contributed by atoms with E-state index in [2.05, 4.69) is 61.4 Å². The highest BCUT2D eigenvalue weighted by atomic mass is 28.3. The Morgan fingerprint density at radius 2 is 1.16 bits per heavy atom. The lowest BCUT2D eigenvalue weighted by atomic mass is 10.2. The van der Waals surface area contributed by atoms with Gasteiger partial charge in [-0.25, -0.2) is 0 Å². The van der Waals surface area contributed by atoms with Crippen LogP contribution in [0.15, 0.2) is 60.7 Å². The third-order valence-electron chi connectivity index (χ3n) is 6.88. The van der Waals surface area contributed by atoms with Gasteiger partial charge in [0.2, 0.25) is 0 Å². The van der Waals surface area contributed by atoms with Crippen molar-refractivity contribution in [3.8, 4) is 0 Å². The number of hydrogen-bond acceptors (Lipinski definition) is 2. The van der Waals surface area contributed by atoms with Crippen LogP contribution in [0, 0.1) is 0 Å². The van der Waals surface area contributed by atoms with E-state index in [4.69, 9.17) is 0 Å². The quantitative estimate of drug-likeness (QED) is 0.528. The van der Waals surface area contributed by atoms with Gasteiger partial charge in [-0.05, 0) is 55.0 Å². The fourth-order valence-corrected chi connectivity index (χ4v) is 8.33. The minimum atomic E-state index is -0.973. The first kappa shape index (κ1) is 24.0. The average Bonchev–Trinajstić information content (AvgIpc) is 2.77. The molecular weight excluding hydrogens is 412 g/mol. The fraction of sp³-hybridized carbons (Fsp3) is 0.500. The molecule has 0 spiro atoms. The van der Waals surface area contributed by atoms with Crippen molar-refractivity contribution in [3.05, 3.63) is 71.8 Å². The van der Waals surface area contributed by atoms with Crippen molar-refractivity contribution in [2.24, 2.45) is 0 Å². The molecule has 0 saturated carbocycles. The second kappa shape index (κ2) is 10.7. The summed E-state index contributed by atoms with van der Waals surface area (Å²) in [4.78, 5) is 16.8. The van der Waals surface area contributed by atoms with Gasteiger partial charge in [-0.3, -0.25) is 9.69 Å². The molecule has 4 rings (SSSR count). The maximum absolute atomic E-state index is 12.2. The van der Waals surface area contributed by atoms with E-state index in [1.54, 1.807) is 0 Å². The molecular formula is C26H40N2OSi2. The molecule has 2 aliphatic rings. The van der Waals surface area contributed by atoms with Gasteiger partial charge in [-0.2, -0.15) is 0 Å². The SMILES string of the molecule is C[Si]1(C)CCN(C(=O)c2ccccc2)CC1.C[Si]1(C)CCN(Cc2ccccc2)CC1. The maximum Gasteiger partial charge on any atom is 0.253 e. The zero-order valence-electron chi connectivity index (χ0n) is 19.9. The van der Waals surface area contributed by atoms with Gasteiger partial charge >= 0.3 is 0 Å². The molecule has 168 valence electrons. The molecule has 3 nitrogen and oxygen atoms in total. The van der Waals surface area contributed by atoms with Crippen molar-refractivity contribution < 1.29 is 4.79 Å². The number of rotatable bonds is 3. The van der Waals surface area contributed by atoms with E-state index in [-0.39, 0.29) is 5.91 Å². The molecule has 31 heavy (non-hydrogen) atoms. The largest absolute Gasteiger partial charge is 0.339 e. The molecule has 2 saturated heterocycles. The summed E-state index contributed by atoms with van der Waals surface area (Å²) in [5, 5.41) is 0. The van der Waals surface area contributed by atoms with Crippen LogP contribution >= 0.6 is 0 Å². The summed E-state index contributed by atoms with van der Waals surface area (Å²) < 4.78 is 0. The third-order valence-corrected chi connectivity index (χ3v) is 13.2. The second-order valence-electron chi connectivity index (χ2n) is 10.7. The monoisotopic (exact) mass is 452 g/mol. The summed E-state index contributed by atoms with van der Waals surface area (Å²) >= 11 is 0. The minimum absolute atomic E-state index is 0.199. The Morgan fingerprint density at radius 1 is 0.710 bits per heavy atom. The number of carbonyl (C=O) groups is 1. The van der Waals surface area contributed by atoms with Crippen LogP contribution < -0.4 is 0 Å². The zero-order valence-corrected chi connectivity index (χ0v) is 21.9. The highest BCUT2D eigenvalue weighted by Crippen LogP contribution is 2.24. The Labute approximate surface area is 191 Å². The molecule has 0 radical (unpaired) electrons. The molecule has 0 unspecified atom stereocenters. The number of hydrogen-bond donors (Lipinski definition) is 0. The molecule has 0 N–H and O–H groups in total. The van der Waals surface area contributed by atoms with Crippen LogP contribution in [-0.2, 0) is 6.54 Å². The van der Waals surface area contributed by atoms with Gasteiger partial charge in [0.15, 0.2) is 0 Å². The zero-order chi connectivity index (χ0) is 22.3. The molecule has 2 aliphatic heterocycles. The Balaban J connectivity index is 0.000000176. The molecule has 1 amide bonds. The smallest absolute Gasteiger partial charge is 0.253 e. The molecule has 2 heterocycles. The standard InChI is InChI=1S/C13H19NOSi.C13H21NSi/c1-16(2)10-8-14(9-11-16)13(15)12-6-4-3-5-7-12;1-15(2)10-8-14(9-11-15)12-13-6-4-3-5-7-13/h3-7H,8-11H2,1-2H3;3-7H,8-12H2,1-2H3. The highest BCUT2D eigenvalue weighted by molar-refractivity contribution is 6.78. The predicted molar refractivity (Wildman–Crippen MR) is 138 cm³/mol. The summed E-state index contributed by atoms with van der Waals surface area (Å²) in [6.07, 6.45) is 0. The number of benzene rings is 2. The van der Waals surface area contributed by atoms with Crippen LogP contribution in [-0.4, -0.2) is 58.0 Å². The molecule has 2 fully saturated rings. The van der Waals surface area contributed by atoms with Gasteiger partial charge in [0.1, 0.15) is 0 Å². The van der Waals surface area contributed by atoms with Crippen molar-refractivity contribution >= 4 is 22.1 Å². The molecule has 0 atom stereocenters. The maximum atomic E-state index is 12.2. The van der Waals surface area contributed by atoms with Crippen LogP contribution in [0.1, 0.15) is 15.9 Å². The Bertz CT molecular complexity index is 804. The topological polar surface area (TPSA) is 23.6 Å². The van der Waals surface area contributed by atoms with Crippen molar-refractivity contribution in [2.75, 3.05) is 26.2 Å². The lowest BCUT2D eigenvalue weighted by Gasteiger charge is -2.35. The first-order valence-corrected chi connectivity index (χ1v) is 18.7. The van der Waals surface area contributed by atoms with Gasteiger partial charge in [0.25, 0.3) is 5.91 Å². The van der Waals surface area contributed by atoms with Gasteiger partial charge in [-0.1, -0.05) is 74.7 Å². The summed E-state index contributed by atoms with van der Waals surface area (Å²) in [5.41, 5.74) is 2.28. The normalized spacial score (nSPS) is 20.5. The molecule has 0 bridgehead atoms. The van der Waals surface area contributed by atoms with Crippen molar-refractivity contribution in [1.82, 2.24) is 9.80 Å². The highest BCUT2D eigenvalue weighted by Gasteiger charge is 2.29. The first-order chi connectivity index (χ1) is 14.7. The third kappa shape index (κ3) is 7.74.